The fraction of sp³-hybridized carbons (Fsp3) is 0.0769. The van der Waals surface area contributed by atoms with Crippen LogP contribution in [0.25, 0.3) is 0 Å². The van der Waals surface area contributed by atoms with Crippen LogP contribution < -0.4 is 0 Å². The molecule has 0 fully saturated rings. The zero-order valence-electron chi connectivity index (χ0n) is 8.63. The Balaban J connectivity index is 1.91. The molecule has 3 rings (SSSR count). The SMILES string of the molecule is c1ccc(C2=NCC(c3cccs3)=N2)cc1. The Morgan fingerprint density at radius 2 is 1.88 bits per heavy atom. The summed E-state index contributed by atoms with van der Waals surface area (Å²) < 4.78 is 0. The lowest BCUT2D eigenvalue weighted by Crippen LogP contribution is -1.98. The van der Waals surface area contributed by atoms with Gasteiger partial charge in [0.05, 0.1) is 17.1 Å². The van der Waals surface area contributed by atoms with E-state index >= 15 is 0 Å². The molecule has 78 valence electrons. The molecule has 0 atom stereocenters. The van der Waals surface area contributed by atoms with E-state index in [1.165, 1.54) is 4.88 Å². The van der Waals surface area contributed by atoms with Crippen LogP contribution in [0.4, 0.5) is 0 Å². The molecule has 1 aliphatic rings. The highest BCUT2D eigenvalue weighted by Crippen LogP contribution is 2.16. The summed E-state index contributed by atoms with van der Waals surface area (Å²) in [6.45, 7) is 0.699. The summed E-state index contributed by atoms with van der Waals surface area (Å²) in [6.07, 6.45) is 0. The maximum absolute atomic E-state index is 4.58. The highest BCUT2D eigenvalue weighted by atomic mass is 32.1. The lowest BCUT2D eigenvalue weighted by molar-refractivity contribution is 1.34. The first kappa shape index (κ1) is 9.48. The van der Waals surface area contributed by atoms with Gasteiger partial charge in [-0.05, 0) is 11.4 Å². The zero-order valence-corrected chi connectivity index (χ0v) is 9.45. The smallest absolute Gasteiger partial charge is 0.155 e. The second kappa shape index (κ2) is 4.02. The van der Waals surface area contributed by atoms with Gasteiger partial charge in [0.15, 0.2) is 5.84 Å². The van der Waals surface area contributed by atoms with Crippen LogP contribution in [0.2, 0.25) is 0 Å². The van der Waals surface area contributed by atoms with Crippen molar-refractivity contribution < 1.29 is 0 Å². The molecule has 0 unspecified atom stereocenters. The average molecular weight is 226 g/mol. The van der Waals surface area contributed by atoms with Gasteiger partial charge in [-0.15, -0.1) is 11.3 Å². The minimum absolute atomic E-state index is 0.699. The Kier molecular flexibility index (Phi) is 2.38. The molecule has 0 saturated heterocycles. The van der Waals surface area contributed by atoms with Crippen LogP contribution in [0, 0.1) is 0 Å². The molecule has 2 aromatic rings. The second-order valence-corrected chi connectivity index (χ2v) is 4.49. The highest BCUT2D eigenvalue weighted by molar-refractivity contribution is 7.12. The largest absolute Gasteiger partial charge is 0.260 e. The number of amidine groups is 1. The van der Waals surface area contributed by atoms with E-state index in [4.69, 9.17) is 0 Å². The van der Waals surface area contributed by atoms with Gasteiger partial charge in [-0.2, -0.15) is 0 Å². The van der Waals surface area contributed by atoms with Crippen LogP contribution in [-0.2, 0) is 0 Å². The number of thiophene rings is 1. The van der Waals surface area contributed by atoms with Crippen LogP contribution in [0.5, 0.6) is 0 Å². The lowest BCUT2D eigenvalue weighted by atomic mass is 10.2. The number of aliphatic imine (C=N–C) groups is 2. The van der Waals surface area contributed by atoms with E-state index in [0.29, 0.717) is 6.54 Å². The van der Waals surface area contributed by atoms with Crippen molar-refractivity contribution in [3.8, 4) is 0 Å². The molecule has 3 heteroatoms. The van der Waals surface area contributed by atoms with Gasteiger partial charge in [-0.1, -0.05) is 36.4 Å². The Morgan fingerprint density at radius 1 is 1.00 bits per heavy atom. The first-order valence-corrected chi connectivity index (χ1v) is 6.03. The van der Waals surface area contributed by atoms with Gasteiger partial charge in [-0.3, -0.25) is 4.99 Å². The summed E-state index contributed by atoms with van der Waals surface area (Å²) in [4.78, 5) is 10.3. The Morgan fingerprint density at radius 3 is 2.62 bits per heavy atom. The minimum atomic E-state index is 0.699. The van der Waals surface area contributed by atoms with Gasteiger partial charge in [0.1, 0.15) is 0 Å². The molecule has 2 nitrogen and oxygen atoms in total. The van der Waals surface area contributed by atoms with Gasteiger partial charge in [0.2, 0.25) is 0 Å². The topological polar surface area (TPSA) is 24.7 Å². The van der Waals surface area contributed by atoms with Crippen molar-refractivity contribution in [1.82, 2.24) is 0 Å². The van der Waals surface area contributed by atoms with Crippen molar-refractivity contribution in [3.05, 3.63) is 58.3 Å². The molecular weight excluding hydrogens is 216 g/mol. The molecule has 0 bridgehead atoms. The van der Waals surface area contributed by atoms with Gasteiger partial charge in [0.25, 0.3) is 0 Å². The first-order valence-electron chi connectivity index (χ1n) is 5.15. The van der Waals surface area contributed by atoms with Gasteiger partial charge >= 0.3 is 0 Å². The average Bonchev–Trinajstić information content (AvgIpc) is 3.01. The molecule has 0 radical (unpaired) electrons. The molecule has 0 saturated carbocycles. The summed E-state index contributed by atoms with van der Waals surface area (Å²) >= 11 is 1.71. The van der Waals surface area contributed by atoms with Crippen molar-refractivity contribution in [2.45, 2.75) is 0 Å². The third kappa shape index (κ3) is 1.70. The molecular formula is C13H10N2S. The monoisotopic (exact) mass is 226 g/mol. The molecule has 0 aliphatic carbocycles. The standard InChI is InChI=1S/C13H10N2S/c1-2-5-10(6-3-1)13-14-9-11(15-13)12-7-4-8-16-12/h1-8H,9H2. The van der Waals surface area contributed by atoms with Crippen molar-refractivity contribution >= 4 is 22.9 Å². The van der Waals surface area contributed by atoms with E-state index in [0.717, 1.165) is 17.1 Å². The number of rotatable bonds is 2. The maximum Gasteiger partial charge on any atom is 0.155 e. The summed E-state index contributed by atoms with van der Waals surface area (Å²) in [7, 11) is 0. The fourth-order valence-electron chi connectivity index (χ4n) is 1.67. The highest BCUT2D eigenvalue weighted by Gasteiger charge is 2.13. The van der Waals surface area contributed by atoms with E-state index in [-0.39, 0.29) is 0 Å². The molecule has 0 amide bonds. The number of hydrogen-bond acceptors (Lipinski definition) is 3. The third-order valence-electron chi connectivity index (χ3n) is 2.46. The van der Waals surface area contributed by atoms with Gasteiger partial charge < -0.3 is 0 Å². The Bertz CT molecular complexity index is 539. The number of benzene rings is 1. The van der Waals surface area contributed by atoms with Crippen molar-refractivity contribution in [2.75, 3.05) is 6.54 Å². The molecule has 0 N–H and O–H groups in total. The van der Waals surface area contributed by atoms with Crippen molar-refractivity contribution in [2.24, 2.45) is 9.98 Å². The summed E-state index contributed by atoms with van der Waals surface area (Å²) in [6, 6.07) is 14.2. The van der Waals surface area contributed by atoms with E-state index in [1.54, 1.807) is 11.3 Å². The van der Waals surface area contributed by atoms with Crippen LogP contribution in [0.15, 0.2) is 57.8 Å². The zero-order chi connectivity index (χ0) is 10.8. The molecule has 1 aromatic heterocycles. The molecule has 0 spiro atoms. The van der Waals surface area contributed by atoms with E-state index < -0.39 is 0 Å². The first-order chi connectivity index (χ1) is 7.93. The van der Waals surface area contributed by atoms with Crippen LogP contribution >= 0.6 is 11.3 Å². The fourth-order valence-corrected chi connectivity index (χ4v) is 2.37. The van der Waals surface area contributed by atoms with Crippen LogP contribution in [-0.4, -0.2) is 18.1 Å². The maximum atomic E-state index is 4.58. The minimum Gasteiger partial charge on any atom is -0.260 e. The Labute approximate surface area is 98.0 Å². The predicted molar refractivity (Wildman–Crippen MR) is 68.7 cm³/mol. The van der Waals surface area contributed by atoms with E-state index in [2.05, 4.69) is 21.4 Å². The predicted octanol–water partition coefficient (Wildman–Crippen LogP) is 3.00. The molecule has 1 aliphatic heterocycles. The third-order valence-corrected chi connectivity index (χ3v) is 3.38. The van der Waals surface area contributed by atoms with E-state index in [1.807, 2.05) is 36.4 Å². The molecule has 16 heavy (non-hydrogen) atoms. The Hall–Kier alpha value is -1.74. The van der Waals surface area contributed by atoms with Crippen LogP contribution in [0.3, 0.4) is 0 Å². The summed E-state index contributed by atoms with van der Waals surface area (Å²) in [5.41, 5.74) is 2.17. The lowest BCUT2D eigenvalue weighted by Gasteiger charge is -1.95. The summed E-state index contributed by atoms with van der Waals surface area (Å²) in [5, 5.41) is 2.07. The number of nitrogens with zero attached hydrogens (tertiary/aromatic N) is 2. The van der Waals surface area contributed by atoms with E-state index in [9.17, 15) is 0 Å². The molecule has 2 heterocycles. The van der Waals surface area contributed by atoms with Gasteiger partial charge in [-0.25, -0.2) is 4.99 Å². The normalized spacial score (nSPS) is 14.8. The van der Waals surface area contributed by atoms with Crippen molar-refractivity contribution in [3.63, 3.8) is 0 Å². The number of hydrogen-bond donors (Lipinski definition) is 0. The second-order valence-electron chi connectivity index (χ2n) is 3.54. The van der Waals surface area contributed by atoms with Crippen LogP contribution in [0.1, 0.15) is 10.4 Å². The summed E-state index contributed by atoms with van der Waals surface area (Å²) in [5.74, 6) is 0.851. The van der Waals surface area contributed by atoms with Crippen molar-refractivity contribution in [1.29, 1.82) is 0 Å². The van der Waals surface area contributed by atoms with Gasteiger partial charge in [0, 0.05) is 5.56 Å². The molecule has 1 aromatic carbocycles. The quantitative estimate of drug-likeness (QED) is 0.752.